The molecule has 0 amide bonds. The van der Waals surface area contributed by atoms with E-state index in [2.05, 4.69) is 0 Å². The highest BCUT2D eigenvalue weighted by atomic mass is 32.2. The summed E-state index contributed by atoms with van der Waals surface area (Å²) in [5.41, 5.74) is 1.49. The van der Waals surface area contributed by atoms with E-state index in [9.17, 15) is 8.42 Å². The summed E-state index contributed by atoms with van der Waals surface area (Å²) in [7, 11) is -3.25. The summed E-state index contributed by atoms with van der Waals surface area (Å²) in [5, 5.41) is 9.09. The van der Waals surface area contributed by atoms with Crippen LogP contribution in [0.2, 0.25) is 0 Å². The maximum Gasteiger partial charge on any atom is 0.218 e. The van der Waals surface area contributed by atoms with Crippen molar-refractivity contribution < 1.29 is 13.5 Å². The van der Waals surface area contributed by atoms with Crippen molar-refractivity contribution in [3.05, 3.63) is 35.4 Å². The third-order valence-electron chi connectivity index (χ3n) is 3.28. The van der Waals surface area contributed by atoms with Crippen molar-refractivity contribution in [3.8, 4) is 0 Å². The normalized spacial score (nSPS) is 15.9. The average molecular weight is 283 g/mol. The van der Waals surface area contributed by atoms with Gasteiger partial charge in [0.15, 0.2) is 0 Å². The molecule has 1 N–H and O–H groups in total. The third-order valence-corrected chi connectivity index (χ3v) is 5.17. The summed E-state index contributed by atoms with van der Waals surface area (Å²) in [4.78, 5) is 0. The molecule has 1 aromatic rings. The lowest BCUT2D eigenvalue weighted by molar-refractivity contribution is 0.281. The first-order chi connectivity index (χ1) is 9.06. The van der Waals surface area contributed by atoms with Crippen LogP contribution in [0, 0.1) is 0 Å². The van der Waals surface area contributed by atoms with E-state index in [1.54, 1.807) is 28.6 Å². The smallest absolute Gasteiger partial charge is 0.218 e. The highest BCUT2D eigenvalue weighted by molar-refractivity contribution is 7.88. The van der Waals surface area contributed by atoms with Gasteiger partial charge >= 0.3 is 0 Å². The van der Waals surface area contributed by atoms with Gasteiger partial charge in [0.1, 0.15) is 0 Å². The van der Waals surface area contributed by atoms with E-state index < -0.39 is 10.0 Å². The lowest BCUT2D eigenvalue weighted by Crippen LogP contribution is -2.34. The van der Waals surface area contributed by atoms with Gasteiger partial charge in [0.2, 0.25) is 10.0 Å². The highest BCUT2D eigenvalue weighted by Crippen LogP contribution is 2.30. The molecule has 0 aliphatic heterocycles. The Kier molecular flexibility index (Phi) is 4.60. The Morgan fingerprint density at radius 1 is 1.32 bits per heavy atom. The topological polar surface area (TPSA) is 57.6 Å². The zero-order valence-electron chi connectivity index (χ0n) is 11.2. The van der Waals surface area contributed by atoms with Crippen LogP contribution in [0.5, 0.6) is 0 Å². The summed E-state index contributed by atoms with van der Waals surface area (Å²) in [6, 6.07) is 7.35. The summed E-state index contributed by atoms with van der Waals surface area (Å²) >= 11 is 0. The molecule has 5 heteroatoms. The van der Waals surface area contributed by atoms with E-state index in [0.717, 1.165) is 30.4 Å². The molecule has 0 saturated heterocycles. The predicted octanol–water partition coefficient (Wildman–Crippen LogP) is 1.88. The van der Waals surface area contributed by atoms with E-state index in [0.29, 0.717) is 6.54 Å². The Bertz CT molecular complexity index is 523. The zero-order chi connectivity index (χ0) is 13.9. The summed E-state index contributed by atoms with van der Waals surface area (Å²) in [6.07, 6.45) is 2.80. The van der Waals surface area contributed by atoms with Crippen LogP contribution < -0.4 is 0 Å². The summed E-state index contributed by atoms with van der Waals surface area (Å²) in [5.74, 6) is 0.0251. The summed E-state index contributed by atoms with van der Waals surface area (Å²) < 4.78 is 26.5. The van der Waals surface area contributed by atoms with Gasteiger partial charge in [-0.3, -0.25) is 0 Å². The lowest BCUT2D eigenvalue weighted by Gasteiger charge is -2.21. The van der Waals surface area contributed by atoms with Crippen LogP contribution in [0.3, 0.4) is 0 Å². The van der Waals surface area contributed by atoms with Gasteiger partial charge in [0, 0.05) is 12.6 Å². The van der Waals surface area contributed by atoms with Crippen LogP contribution in [0.1, 0.15) is 37.3 Å². The largest absolute Gasteiger partial charge is 0.392 e. The Hall–Kier alpha value is -0.910. The molecular weight excluding hydrogens is 262 g/mol. The van der Waals surface area contributed by atoms with Gasteiger partial charge in [-0.05, 0) is 30.4 Å². The van der Waals surface area contributed by atoms with E-state index >= 15 is 0 Å². The van der Waals surface area contributed by atoms with Gasteiger partial charge in [-0.1, -0.05) is 31.2 Å². The number of sulfonamides is 1. The van der Waals surface area contributed by atoms with Crippen LogP contribution in [0.15, 0.2) is 24.3 Å². The van der Waals surface area contributed by atoms with Crippen LogP contribution in [0.4, 0.5) is 0 Å². The monoisotopic (exact) mass is 283 g/mol. The minimum absolute atomic E-state index is 0.0251. The molecule has 0 bridgehead atoms. The van der Waals surface area contributed by atoms with Gasteiger partial charge in [0.25, 0.3) is 0 Å². The van der Waals surface area contributed by atoms with Gasteiger partial charge in [-0.15, -0.1) is 0 Å². The molecule has 4 nitrogen and oxygen atoms in total. The van der Waals surface area contributed by atoms with Gasteiger partial charge in [-0.25, -0.2) is 8.42 Å². The second-order valence-electron chi connectivity index (χ2n) is 5.08. The highest BCUT2D eigenvalue weighted by Gasteiger charge is 2.36. The van der Waals surface area contributed by atoms with Crippen LogP contribution >= 0.6 is 0 Å². The zero-order valence-corrected chi connectivity index (χ0v) is 12.1. The van der Waals surface area contributed by atoms with E-state index in [1.165, 1.54) is 0 Å². The number of nitrogens with zero attached hydrogens (tertiary/aromatic N) is 1. The molecule has 1 aliphatic carbocycles. The molecule has 0 spiro atoms. The maximum absolute atomic E-state index is 12.4. The van der Waals surface area contributed by atoms with Gasteiger partial charge in [-0.2, -0.15) is 4.31 Å². The second kappa shape index (κ2) is 6.03. The third kappa shape index (κ3) is 3.78. The van der Waals surface area contributed by atoms with E-state index in [-0.39, 0.29) is 18.4 Å². The lowest BCUT2D eigenvalue weighted by atomic mass is 10.1. The molecule has 0 aromatic heterocycles. The fourth-order valence-electron chi connectivity index (χ4n) is 2.24. The molecule has 106 valence electrons. The van der Waals surface area contributed by atoms with Crippen molar-refractivity contribution in [2.45, 2.75) is 44.6 Å². The minimum Gasteiger partial charge on any atom is -0.392 e. The summed E-state index contributed by atoms with van der Waals surface area (Å²) in [6.45, 7) is 2.54. The molecule has 2 rings (SSSR count). The van der Waals surface area contributed by atoms with Gasteiger partial charge in [0.05, 0.1) is 12.4 Å². The van der Waals surface area contributed by atoms with E-state index in [4.69, 9.17) is 5.11 Å². The molecule has 0 radical (unpaired) electrons. The first kappa shape index (κ1) is 14.5. The molecule has 19 heavy (non-hydrogen) atoms. The minimum atomic E-state index is -3.25. The van der Waals surface area contributed by atoms with Crippen molar-refractivity contribution in [3.63, 3.8) is 0 Å². The molecule has 0 atom stereocenters. The molecular formula is C14H21NO3S. The van der Waals surface area contributed by atoms with Crippen molar-refractivity contribution in [1.29, 1.82) is 0 Å². The number of benzene rings is 1. The Balaban J connectivity index is 2.14. The average Bonchev–Trinajstić information content (AvgIpc) is 3.19. The molecule has 1 aliphatic rings. The first-order valence-corrected chi connectivity index (χ1v) is 8.36. The number of aliphatic hydroxyl groups is 1. The molecule has 0 unspecified atom stereocenters. The molecule has 0 heterocycles. The number of hydrogen-bond acceptors (Lipinski definition) is 3. The van der Waals surface area contributed by atoms with Crippen molar-refractivity contribution in [2.24, 2.45) is 0 Å². The van der Waals surface area contributed by atoms with Crippen molar-refractivity contribution >= 4 is 10.0 Å². The number of rotatable bonds is 7. The fraction of sp³-hybridized carbons (Fsp3) is 0.571. The Morgan fingerprint density at radius 2 is 2.00 bits per heavy atom. The van der Waals surface area contributed by atoms with Crippen molar-refractivity contribution in [2.75, 3.05) is 6.54 Å². The van der Waals surface area contributed by atoms with Crippen molar-refractivity contribution in [1.82, 2.24) is 4.31 Å². The van der Waals surface area contributed by atoms with Crippen LogP contribution in [0.25, 0.3) is 0 Å². The predicted molar refractivity (Wildman–Crippen MR) is 75.0 cm³/mol. The first-order valence-electron chi connectivity index (χ1n) is 6.75. The number of aliphatic hydroxyl groups excluding tert-OH is 1. The maximum atomic E-state index is 12.4. The standard InChI is InChI=1S/C14H21NO3S/c1-2-8-15(14-6-7-14)19(17,18)11-13-5-3-4-12(9-13)10-16/h3-5,9,14,16H,2,6-8,10-11H2,1H3. The SMILES string of the molecule is CCCN(C1CC1)S(=O)(=O)Cc1cccc(CO)c1. The quantitative estimate of drug-likeness (QED) is 0.831. The fourth-order valence-corrected chi connectivity index (χ4v) is 4.14. The molecule has 1 fully saturated rings. The molecule has 1 saturated carbocycles. The Morgan fingerprint density at radius 3 is 2.58 bits per heavy atom. The van der Waals surface area contributed by atoms with Crippen LogP contribution in [-0.4, -0.2) is 30.4 Å². The molecule has 1 aromatic carbocycles. The van der Waals surface area contributed by atoms with Crippen LogP contribution in [-0.2, 0) is 22.4 Å². The van der Waals surface area contributed by atoms with E-state index in [1.807, 2.05) is 6.92 Å². The Labute approximate surface area is 115 Å². The van der Waals surface area contributed by atoms with Gasteiger partial charge < -0.3 is 5.11 Å². The number of hydrogen-bond donors (Lipinski definition) is 1. The second-order valence-corrected chi connectivity index (χ2v) is 7.00.